The molecule has 2 aliphatic rings. The summed E-state index contributed by atoms with van der Waals surface area (Å²) in [5, 5.41) is 21.2. The van der Waals surface area contributed by atoms with Gasteiger partial charge in [-0.3, -0.25) is 0 Å². The van der Waals surface area contributed by atoms with Crippen molar-refractivity contribution in [2.75, 3.05) is 5.73 Å². The molecular formula is C16H18N2O2S. The highest BCUT2D eigenvalue weighted by Crippen LogP contribution is 2.51. The van der Waals surface area contributed by atoms with Crippen molar-refractivity contribution < 1.29 is 10.2 Å². The van der Waals surface area contributed by atoms with Crippen molar-refractivity contribution in [3.8, 4) is 10.6 Å². The van der Waals surface area contributed by atoms with Crippen molar-refractivity contribution in [3.63, 3.8) is 0 Å². The number of aromatic nitrogens is 1. The lowest BCUT2D eigenvalue weighted by Gasteiger charge is -2.11. The van der Waals surface area contributed by atoms with Crippen LogP contribution < -0.4 is 5.73 Å². The predicted octanol–water partition coefficient (Wildman–Crippen LogP) is 2.66. The van der Waals surface area contributed by atoms with Crippen LogP contribution in [0, 0.1) is 6.92 Å². The number of thiophene rings is 1. The lowest BCUT2D eigenvalue weighted by atomic mass is 10.1. The van der Waals surface area contributed by atoms with Crippen LogP contribution in [0.25, 0.3) is 10.6 Å². The second-order valence-corrected chi connectivity index (χ2v) is 7.40. The Hall–Kier alpha value is -1.43. The van der Waals surface area contributed by atoms with Gasteiger partial charge in [0, 0.05) is 5.56 Å². The van der Waals surface area contributed by atoms with Crippen LogP contribution in [0.1, 0.15) is 42.5 Å². The van der Waals surface area contributed by atoms with Crippen LogP contribution in [-0.4, -0.2) is 15.2 Å². The van der Waals surface area contributed by atoms with Gasteiger partial charge < -0.3 is 15.9 Å². The Morgan fingerprint density at radius 3 is 2.43 bits per heavy atom. The molecule has 0 aliphatic heterocycles. The van der Waals surface area contributed by atoms with Gasteiger partial charge in [-0.25, -0.2) is 4.98 Å². The third kappa shape index (κ3) is 2.08. The minimum Gasteiger partial charge on any atom is -0.390 e. The fraction of sp³-hybridized carbons (Fsp3) is 0.438. The second-order valence-electron chi connectivity index (χ2n) is 6.31. The summed E-state index contributed by atoms with van der Waals surface area (Å²) in [5.74, 6) is 0. The van der Waals surface area contributed by atoms with Crippen molar-refractivity contribution in [1.82, 2.24) is 4.98 Å². The molecule has 21 heavy (non-hydrogen) atoms. The van der Waals surface area contributed by atoms with Crippen LogP contribution in [0.3, 0.4) is 0 Å². The second kappa shape index (κ2) is 4.06. The highest BCUT2D eigenvalue weighted by molar-refractivity contribution is 7.19. The molecule has 0 bridgehead atoms. The van der Waals surface area contributed by atoms with Gasteiger partial charge in [0.05, 0.1) is 26.9 Å². The van der Waals surface area contributed by atoms with Crippen LogP contribution >= 0.6 is 11.3 Å². The van der Waals surface area contributed by atoms with Gasteiger partial charge >= 0.3 is 0 Å². The largest absolute Gasteiger partial charge is 0.390 e. The number of hydrogen-bond donors (Lipinski definition) is 3. The molecule has 2 aromatic heterocycles. The van der Waals surface area contributed by atoms with Crippen molar-refractivity contribution in [2.24, 2.45) is 0 Å². The van der Waals surface area contributed by atoms with E-state index >= 15 is 0 Å². The molecule has 2 saturated carbocycles. The number of aryl methyl sites for hydroxylation is 1. The number of anilines is 1. The maximum Gasteiger partial charge on any atom is 0.107 e. The van der Waals surface area contributed by atoms with Gasteiger partial charge in [0.15, 0.2) is 0 Å². The lowest BCUT2D eigenvalue weighted by Crippen LogP contribution is -2.10. The topological polar surface area (TPSA) is 79.4 Å². The number of aliphatic hydroxyl groups is 2. The van der Waals surface area contributed by atoms with Crippen molar-refractivity contribution >= 4 is 16.3 Å². The summed E-state index contributed by atoms with van der Waals surface area (Å²) in [6.07, 6.45) is 3.11. The molecule has 0 spiro atoms. The van der Waals surface area contributed by atoms with E-state index in [1.807, 2.05) is 25.1 Å². The molecule has 0 atom stereocenters. The molecule has 0 unspecified atom stereocenters. The number of pyridine rings is 1. The van der Waals surface area contributed by atoms with Gasteiger partial charge in [-0.2, -0.15) is 0 Å². The van der Waals surface area contributed by atoms with Crippen LogP contribution in [0.15, 0.2) is 18.2 Å². The highest BCUT2D eigenvalue weighted by Gasteiger charge is 2.46. The summed E-state index contributed by atoms with van der Waals surface area (Å²) in [5.41, 5.74) is 8.04. The fourth-order valence-corrected chi connectivity index (χ4v) is 3.77. The standard InChI is InChI=1S/C16H18N2O2S/c1-9-2-3-11(18-13(9)16(20)6-7-16)12-8-10(14(17)21-12)15(19)4-5-15/h2-3,8,19-20H,4-7,17H2,1H3. The molecule has 4 rings (SSSR count). The van der Waals surface area contributed by atoms with E-state index < -0.39 is 11.2 Å². The average molecular weight is 302 g/mol. The van der Waals surface area contributed by atoms with E-state index in [0.717, 1.165) is 53.1 Å². The minimum atomic E-state index is -0.736. The summed E-state index contributed by atoms with van der Waals surface area (Å²) < 4.78 is 0. The molecule has 4 nitrogen and oxygen atoms in total. The zero-order valence-corrected chi connectivity index (χ0v) is 12.7. The Kier molecular flexibility index (Phi) is 2.56. The van der Waals surface area contributed by atoms with Gasteiger partial charge in [0.25, 0.3) is 0 Å². The molecular weight excluding hydrogens is 284 g/mol. The Labute approximate surface area is 127 Å². The molecule has 0 aromatic carbocycles. The van der Waals surface area contributed by atoms with E-state index in [1.54, 1.807) is 0 Å². The summed E-state index contributed by atoms with van der Waals surface area (Å²) >= 11 is 1.45. The van der Waals surface area contributed by atoms with E-state index in [2.05, 4.69) is 4.98 Å². The third-order valence-electron chi connectivity index (χ3n) is 4.50. The predicted molar refractivity (Wildman–Crippen MR) is 83.0 cm³/mol. The van der Waals surface area contributed by atoms with Crippen molar-refractivity contribution in [1.29, 1.82) is 0 Å². The molecule has 0 saturated heterocycles. The van der Waals surface area contributed by atoms with Crippen LogP contribution in [-0.2, 0) is 11.2 Å². The van der Waals surface area contributed by atoms with Gasteiger partial charge in [-0.1, -0.05) is 6.07 Å². The molecule has 0 radical (unpaired) electrons. The van der Waals surface area contributed by atoms with E-state index in [9.17, 15) is 10.2 Å². The Balaban J connectivity index is 1.77. The first-order valence-corrected chi connectivity index (χ1v) is 8.06. The Bertz CT molecular complexity index is 730. The third-order valence-corrected chi connectivity index (χ3v) is 5.49. The monoisotopic (exact) mass is 302 g/mol. The number of hydrogen-bond acceptors (Lipinski definition) is 5. The highest BCUT2D eigenvalue weighted by atomic mass is 32.1. The average Bonchev–Trinajstić information content (AvgIpc) is 3.33. The molecule has 2 fully saturated rings. The quantitative estimate of drug-likeness (QED) is 0.814. The number of nitrogen functional groups attached to an aromatic ring is 1. The first-order chi connectivity index (χ1) is 9.91. The first-order valence-electron chi connectivity index (χ1n) is 7.24. The van der Waals surface area contributed by atoms with E-state index in [1.165, 1.54) is 11.3 Å². The van der Waals surface area contributed by atoms with Crippen molar-refractivity contribution in [2.45, 2.75) is 43.8 Å². The maximum atomic E-state index is 10.3. The van der Waals surface area contributed by atoms with E-state index in [-0.39, 0.29) is 0 Å². The zero-order chi connectivity index (χ0) is 14.8. The maximum absolute atomic E-state index is 10.3. The summed E-state index contributed by atoms with van der Waals surface area (Å²) in [6, 6.07) is 5.90. The molecule has 2 aromatic rings. The molecule has 110 valence electrons. The Morgan fingerprint density at radius 1 is 1.14 bits per heavy atom. The van der Waals surface area contributed by atoms with E-state index in [0.29, 0.717) is 5.00 Å². The number of nitrogens with zero attached hydrogens (tertiary/aromatic N) is 1. The van der Waals surface area contributed by atoms with Gasteiger partial charge in [-0.15, -0.1) is 11.3 Å². The molecule has 2 aliphatic carbocycles. The molecule has 2 heterocycles. The van der Waals surface area contributed by atoms with Crippen LogP contribution in [0.4, 0.5) is 5.00 Å². The van der Waals surface area contributed by atoms with Crippen LogP contribution in [0.5, 0.6) is 0 Å². The van der Waals surface area contributed by atoms with Crippen molar-refractivity contribution in [3.05, 3.63) is 35.0 Å². The smallest absolute Gasteiger partial charge is 0.107 e. The van der Waals surface area contributed by atoms with Gasteiger partial charge in [0.2, 0.25) is 0 Å². The first kappa shape index (κ1) is 13.2. The molecule has 4 N–H and O–H groups in total. The summed E-state index contributed by atoms with van der Waals surface area (Å²) in [4.78, 5) is 5.61. The van der Waals surface area contributed by atoms with Gasteiger partial charge in [-0.05, 0) is 50.3 Å². The van der Waals surface area contributed by atoms with Gasteiger partial charge in [0.1, 0.15) is 5.60 Å². The molecule has 0 amide bonds. The Morgan fingerprint density at radius 2 is 1.81 bits per heavy atom. The summed E-state index contributed by atoms with van der Waals surface area (Å²) in [7, 11) is 0. The lowest BCUT2D eigenvalue weighted by molar-refractivity contribution is 0.146. The summed E-state index contributed by atoms with van der Waals surface area (Å²) in [6.45, 7) is 1.98. The molecule has 5 heteroatoms. The minimum absolute atomic E-state index is 0.666. The number of nitrogens with two attached hydrogens (primary N) is 1. The van der Waals surface area contributed by atoms with E-state index in [4.69, 9.17) is 5.73 Å². The van der Waals surface area contributed by atoms with Crippen LogP contribution in [0.2, 0.25) is 0 Å². The SMILES string of the molecule is Cc1ccc(-c2cc(C3(O)CC3)c(N)s2)nc1C1(O)CC1. The zero-order valence-electron chi connectivity index (χ0n) is 11.9. The normalized spacial score (nSPS) is 21.3. The number of rotatable bonds is 3. The fourth-order valence-electron chi connectivity index (χ4n) is 2.78.